The molecule has 4 nitrogen and oxygen atoms in total. The first-order valence-electron chi connectivity index (χ1n) is 8.18. The van der Waals surface area contributed by atoms with Gasteiger partial charge in [0.25, 0.3) is 5.91 Å². The molecule has 128 valence electrons. The topological polar surface area (TPSA) is 41.6 Å². The Morgan fingerprint density at radius 2 is 1.83 bits per heavy atom. The minimum atomic E-state index is -0.518. The Balaban J connectivity index is 2.15. The Labute approximate surface area is 144 Å². The van der Waals surface area contributed by atoms with Gasteiger partial charge in [-0.15, -0.1) is 0 Å². The molecule has 0 bridgehead atoms. The number of carbonyl (C=O) groups excluding carboxylic acids is 1. The minimum absolute atomic E-state index is 0.0930. The zero-order valence-corrected chi connectivity index (χ0v) is 14.9. The van der Waals surface area contributed by atoms with E-state index in [1.807, 2.05) is 73.6 Å². The van der Waals surface area contributed by atoms with E-state index >= 15 is 0 Å². The lowest BCUT2D eigenvalue weighted by molar-refractivity contribution is -0.0164. The van der Waals surface area contributed by atoms with Crippen molar-refractivity contribution < 1.29 is 9.53 Å². The molecular formula is C20H26N2O2. The minimum Gasteiger partial charge on any atom is -0.378 e. The summed E-state index contributed by atoms with van der Waals surface area (Å²) in [6, 6.07) is 17.6. The first-order chi connectivity index (χ1) is 11.5. The van der Waals surface area contributed by atoms with Gasteiger partial charge in [-0.3, -0.25) is 4.79 Å². The van der Waals surface area contributed by atoms with Gasteiger partial charge in [0.2, 0.25) is 0 Å². The normalized spacial score (nSPS) is 13.2. The monoisotopic (exact) mass is 326 g/mol. The fraction of sp³-hybridized carbons (Fsp3) is 0.350. The standard InChI is InChI=1S/C20H26N2O2/c1-5-20(24-4,17-11-7-6-8-12-17)15-21-19(23)16-10-9-13-18(14-16)22(2)3/h6-14H,5,15H2,1-4H3,(H,21,23)/t20-/m0/s1. The summed E-state index contributed by atoms with van der Waals surface area (Å²) in [5.74, 6) is -0.0930. The zero-order chi connectivity index (χ0) is 17.6. The number of hydrogen-bond donors (Lipinski definition) is 1. The molecule has 1 N–H and O–H groups in total. The summed E-state index contributed by atoms with van der Waals surface area (Å²) in [5, 5.41) is 3.02. The lowest BCUT2D eigenvalue weighted by Gasteiger charge is -2.32. The van der Waals surface area contributed by atoms with Gasteiger partial charge in [0.05, 0.1) is 6.54 Å². The molecule has 0 heterocycles. The van der Waals surface area contributed by atoms with Gasteiger partial charge in [0.15, 0.2) is 0 Å². The van der Waals surface area contributed by atoms with Gasteiger partial charge in [0.1, 0.15) is 5.60 Å². The Kier molecular flexibility index (Phi) is 5.99. The van der Waals surface area contributed by atoms with Crippen molar-refractivity contribution in [3.8, 4) is 0 Å². The van der Waals surface area contributed by atoms with Crippen LogP contribution in [0.25, 0.3) is 0 Å². The summed E-state index contributed by atoms with van der Waals surface area (Å²) in [6.45, 7) is 2.49. The highest BCUT2D eigenvalue weighted by Crippen LogP contribution is 2.28. The molecule has 0 aromatic heterocycles. The van der Waals surface area contributed by atoms with E-state index in [2.05, 4.69) is 12.2 Å². The summed E-state index contributed by atoms with van der Waals surface area (Å²) in [6.07, 6.45) is 0.769. The quantitative estimate of drug-likeness (QED) is 0.847. The van der Waals surface area contributed by atoms with Gasteiger partial charge in [-0.25, -0.2) is 0 Å². The fourth-order valence-corrected chi connectivity index (χ4v) is 2.76. The molecule has 1 atom stereocenters. The second kappa shape index (κ2) is 7.97. The van der Waals surface area contributed by atoms with E-state index in [1.54, 1.807) is 7.11 Å². The zero-order valence-electron chi connectivity index (χ0n) is 14.9. The number of hydrogen-bond acceptors (Lipinski definition) is 3. The fourth-order valence-electron chi connectivity index (χ4n) is 2.76. The molecule has 24 heavy (non-hydrogen) atoms. The van der Waals surface area contributed by atoms with Crippen LogP contribution in [0.5, 0.6) is 0 Å². The molecule has 0 saturated heterocycles. The van der Waals surface area contributed by atoms with Crippen molar-refractivity contribution in [1.29, 1.82) is 0 Å². The van der Waals surface area contributed by atoms with Crippen LogP contribution in [0.2, 0.25) is 0 Å². The second-order valence-electron chi connectivity index (χ2n) is 6.05. The maximum Gasteiger partial charge on any atom is 0.251 e. The third kappa shape index (κ3) is 3.95. The van der Waals surface area contributed by atoms with Crippen LogP contribution >= 0.6 is 0 Å². The third-order valence-corrected chi connectivity index (χ3v) is 4.42. The van der Waals surface area contributed by atoms with Gasteiger partial charge < -0.3 is 15.0 Å². The van der Waals surface area contributed by atoms with E-state index in [0.29, 0.717) is 12.1 Å². The van der Waals surface area contributed by atoms with E-state index in [0.717, 1.165) is 17.7 Å². The number of rotatable bonds is 7. The Morgan fingerprint density at radius 1 is 1.12 bits per heavy atom. The van der Waals surface area contributed by atoms with Crippen molar-refractivity contribution in [3.05, 3.63) is 65.7 Å². The number of anilines is 1. The van der Waals surface area contributed by atoms with Crippen LogP contribution in [0.3, 0.4) is 0 Å². The molecule has 0 saturated carbocycles. The molecule has 0 aliphatic heterocycles. The molecule has 4 heteroatoms. The SMILES string of the molecule is CC[C@@](CNC(=O)c1cccc(N(C)C)c1)(OC)c1ccccc1. The number of nitrogens with zero attached hydrogens (tertiary/aromatic N) is 1. The highest BCUT2D eigenvalue weighted by atomic mass is 16.5. The van der Waals surface area contributed by atoms with Gasteiger partial charge in [-0.05, 0) is 30.2 Å². The van der Waals surface area contributed by atoms with Crippen LogP contribution in [0, 0.1) is 0 Å². The van der Waals surface area contributed by atoms with Crippen LogP contribution in [0.1, 0.15) is 29.3 Å². The number of amides is 1. The summed E-state index contributed by atoms with van der Waals surface area (Å²) in [5.41, 5.74) is 2.20. The maximum absolute atomic E-state index is 12.5. The highest BCUT2D eigenvalue weighted by Gasteiger charge is 2.30. The number of carbonyl (C=O) groups is 1. The lowest BCUT2D eigenvalue weighted by Crippen LogP contribution is -2.42. The molecule has 2 aromatic rings. The van der Waals surface area contributed by atoms with Gasteiger partial charge >= 0.3 is 0 Å². The largest absolute Gasteiger partial charge is 0.378 e. The molecule has 1 amide bonds. The van der Waals surface area contributed by atoms with Gasteiger partial charge in [0, 0.05) is 32.5 Å². The number of ether oxygens (including phenoxy) is 1. The van der Waals surface area contributed by atoms with E-state index in [-0.39, 0.29) is 5.91 Å². The predicted octanol–water partition coefficient (Wildman–Crippen LogP) is 3.43. The van der Waals surface area contributed by atoms with Gasteiger partial charge in [-0.2, -0.15) is 0 Å². The first-order valence-corrected chi connectivity index (χ1v) is 8.18. The average Bonchev–Trinajstić information content (AvgIpc) is 2.63. The molecule has 0 spiro atoms. The van der Waals surface area contributed by atoms with Crippen molar-refractivity contribution in [2.75, 3.05) is 32.6 Å². The third-order valence-electron chi connectivity index (χ3n) is 4.42. The summed E-state index contributed by atoms with van der Waals surface area (Å²) >= 11 is 0. The van der Waals surface area contributed by atoms with Crippen molar-refractivity contribution >= 4 is 11.6 Å². The Bertz CT molecular complexity index is 664. The highest BCUT2D eigenvalue weighted by molar-refractivity contribution is 5.95. The van der Waals surface area contributed by atoms with E-state index in [9.17, 15) is 4.79 Å². The molecule has 2 aromatic carbocycles. The molecule has 0 fully saturated rings. The van der Waals surface area contributed by atoms with Crippen LogP contribution < -0.4 is 10.2 Å². The molecule has 0 unspecified atom stereocenters. The van der Waals surface area contributed by atoms with Crippen molar-refractivity contribution in [2.24, 2.45) is 0 Å². The van der Waals surface area contributed by atoms with Crippen LogP contribution in [0.4, 0.5) is 5.69 Å². The lowest BCUT2D eigenvalue weighted by atomic mass is 9.90. The Hall–Kier alpha value is -2.33. The molecule has 2 rings (SSSR count). The van der Waals surface area contributed by atoms with Crippen molar-refractivity contribution in [1.82, 2.24) is 5.32 Å². The smallest absolute Gasteiger partial charge is 0.251 e. The summed E-state index contributed by atoms with van der Waals surface area (Å²) in [7, 11) is 5.61. The van der Waals surface area contributed by atoms with E-state index in [4.69, 9.17) is 4.74 Å². The second-order valence-corrected chi connectivity index (χ2v) is 6.05. The average molecular weight is 326 g/mol. The number of nitrogens with one attached hydrogen (secondary N) is 1. The number of methoxy groups -OCH3 is 1. The Morgan fingerprint density at radius 3 is 2.42 bits per heavy atom. The van der Waals surface area contributed by atoms with E-state index < -0.39 is 5.60 Å². The van der Waals surface area contributed by atoms with Gasteiger partial charge in [-0.1, -0.05) is 43.3 Å². The van der Waals surface area contributed by atoms with Crippen molar-refractivity contribution in [2.45, 2.75) is 18.9 Å². The first kappa shape index (κ1) is 18.0. The molecule has 0 radical (unpaired) electrons. The summed E-state index contributed by atoms with van der Waals surface area (Å²) in [4.78, 5) is 14.5. The van der Waals surface area contributed by atoms with Crippen LogP contribution in [-0.2, 0) is 10.3 Å². The predicted molar refractivity (Wildman–Crippen MR) is 98.5 cm³/mol. The van der Waals surface area contributed by atoms with Crippen molar-refractivity contribution in [3.63, 3.8) is 0 Å². The van der Waals surface area contributed by atoms with E-state index in [1.165, 1.54) is 0 Å². The molecular weight excluding hydrogens is 300 g/mol. The molecule has 0 aliphatic carbocycles. The van der Waals surface area contributed by atoms with Crippen LogP contribution in [-0.4, -0.2) is 33.7 Å². The number of benzene rings is 2. The molecule has 0 aliphatic rings. The maximum atomic E-state index is 12.5. The summed E-state index contributed by atoms with van der Waals surface area (Å²) < 4.78 is 5.80. The van der Waals surface area contributed by atoms with Crippen LogP contribution in [0.15, 0.2) is 54.6 Å².